The molecule has 3 heteroatoms. The van der Waals surface area contributed by atoms with E-state index < -0.39 is 0 Å². The highest BCUT2D eigenvalue weighted by Gasteiger charge is 2.19. The van der Waals surface area contributed by atoms with Crippen molar-refractivity contribution in [2.75, 3.05) is 33.2 Å². The summed E-state index contributed by atoms with van der Waals surface area (Å²) < 4.78 is 0. The van der Waals surface area contributed by atoms with Crippen LogP contribution in [-0.2, 0) is 4.79 Å². The second-order valence-electron chi connectivity index (χ2n) is 3.05. The van der Waals surface area contributed by atoms with Crippen molar-refractivity contribution >= 4 is 5.91 Å². The fourth-order valence-electron chi connectivity index (χ4n) is 1.22. The Morgan fingerprint density at radius 1 is 1.58 bits per heavy atom. The van der Waals surface area contributed by atoms with Crippen LogP contribution in [0.5, 0.6) is 0 Å². The molecule has 12 heavy (non-hydrogen) atoms. The summed E-state index contributed by atoms with van der Waals surface area (Å²) in [4.78, 5) is 15.1. The first-order chi connectivity index (χ1) is 5.74. The molecule has 0 saturated carbocycles. The van der Waals surface area contributed by atoms with Gasteiger partial charge in [0, 0.05) is 33.1 Å². The SMILES string of the molecule is C#CCCN1CCN(C)C(=O)C1. The molecule has 1 aliphatic heterocycles. The Morgan fingerprint density at radius 2 is 2.33 bits per heavy atom. The number of amides is 1. The highest BCUT2D eigenvalue weighted by atomic mass is 16.2. The molecular weight excluding hydrogens is 152 g/mol. The molecule has 1 aliphatic rings. The van der Waals surface area contributed by atoms with Crippen molar-refractivity contribution in [3.05, 3.63) is 0 Å². The standard InChI is InChI=1S/C9H14N2O/c1-3-4-5-11-7-6-10(2)9(12)8-11/h1H,4-8H2,2H3. The Morgan fingerprint density at radius 3 is 2.92 bits per heavy atom. The van der Waals surface area contributed by atoms with Gasteiger partial charge in [-0.15, -0.1) is 12.3 Å². The quantitative estimate of drug-likeness (QED) is 0.530. The van der Waals surface area contributed by atoms with Crippen molar-refractivity contribution in [3.8, 4) is 12.3 Å². The van der Waals surface area contributed by atoms with Crippen molar-refractivity contribution in [1.29, 1.82) is 0 Å². The zero-order valence-corrected chi connectivity index (χ0v) is 7.42. The lowest BCUT2D eigenvalue weighted by Gasteiger charge is -2.31. The summed E-state index contributed by atoms with van der Waals surface area (Å²) in [5, 5.41) is 0. The lowest BCUT2D eigenvalue weighted by Crippen LogP contribution is -2.48. The van der Waals surface area contributed by atoms with Gasteiger partial charge in [-0.2, -0.15) is 0 Å². The van der Waals surface area contributed by atoms with Crippen molar-refractivity contribution in [3.63, 3.8) is 0 Å². The first kappa shape index (κ1) is 9.08. The summed E-state index contributed by atoms with van der Waals surface area (Å²) in [7, 11) is 1.83. The Kier molecular flexibility index (Phi) is 3.12. The number of nitrogens with zero attached hydrogens (tertiary/aromatic N) is 2. The molecule has 0 aromatic carbocycles. The second-order valence-corrected chi connectivity index (χ2v) is 3.05. The van der Waals surface area contributed by atoms with Gasteiger partial charge in [0.25, 0.3) is 0 Å². The first-order valence-corrected chi connectivity index (χ1v) is 4.14. The number of rotatable bonds is 2. The Bertz CT molecular complexity index is 207. The number of carbonyl (C=O) groups is 1. The number of hydrogen-bond acceptors (Lipinski definition) is 2. The summed E-state index contributed by atoms with van der Waals surface area (Å²) >= 11 is 0. The van der Waals surface area contributed by atoms with Crippen LogP contribution in [-0.4, -0.2) is 48.9 Å². The lowest BCUT2D eigenvalue weighted by molar-refractivity contribution is -0.134. The van der Waals surface area contributed by atoms with Crippen molar-refractivity contribution in [1.82, 2.24) is 9.80 Å². The summed E-state index contributed by atoms with van der Waals surface area (Å²) in [6, 6.07) is 0. The smallest absolute Gasteiger partial charge is 0.236 e. The van der Waals surface area contributed by atoms with Gasteiger partial charge in [-0.05, 0) is 0 Å². The molecule has 0 unspecified atom stereocenters. The van der Waals surface area contributed by atoms with Crippen LogP contribution in [0.1, 0.15) is 6.42 Å². The van der Waals surface area contributed by atoms with E-state index in [9.17, 15) is 4.79 Å². The summed E-state index contributed by atoms with van der Waals surface area (Å²) in [6.07, 6.45) is 5.87. The third-order valence-electron chi connectivity index (χ3n) is 2.11. The van der Waals surface area contributed by atoms with Gasteiger partial charge in [0.05, 0.1) is 6.54 Å². The average molecular weight is 166 g/mol. The first-order valence-electron chi connectivity index (χ1n) is 4.14. The molecule has 1 fully saturated rings. The van der Waals surface area contributed by atoms with E-state index in [0.717, 1.165) is 26.1 Å². The minimum absolute atomic E-state index is 0.193. The number of likely N-dealkylation sites (N-methyl/N-ethyl adjacent to an activating group) is 1. The van der Waals surface area contributed by atoms with Gasteiger partial charge in [-0.3, -0.25) is 9.69 Å². The molecule has 0 bridgehead atoms. The monoisotopic (exact) mass is 166 g/mol. The minimum atomic E-state index is 0.193. The maximum atomic E-state index is 11.2. The van der Waals surface area contributed by atoms with Crippen molar-refractivity contribution in [2.24, 2.45) is 0 Å². The number of carbonyl (C=O) groups excluding carboxylic acids is 1. The highest BCUT2D eigenvalue weighted by molar-refractivity contribution is 5.78. The predicted octanol–water partition coefficient (Wildman–Crippen LogP) is -0.216. The summed E-state index contributed by atoms with van der Waals surface area (Å²) in [5.74, 6) is 2.77. The number of terminal acetylenes is 1. The normalized spacial score (nSPS) is 19.3. The molecule has 1 rings (SSSR count). The molecule has 1 saturated heterocycles. The molecule has 66 valence electrons. The van der Waals surface area contributed by atoms with Crippen LogP contribution in [0.4, 0.5) is 0 Å². The van der Waals surface area contributed by atoms with Gasteiger partial charge < -0.3 is 4.90 Å². The highest BCUT2D eigenvalue weighted by Crippen LogP contribution is 2.00. The maximum absolute atomic E-state index is 11.2. The van der Waals surface area contributed by atoms with Gasteiger partial charge in [-0.1, -0.05) is 0 Å². The predicted molar refractivity (Wildman–Crippen MR) is 47.5 cm³/mol. The molecule has 0 N–H and O–H groups in total. The molecule has 0 aromatic heterocycles. The van der Waals surface area contributed by atoms with Gasteiger partial charge in [0.1, 0.15) is 0 Å². The third-order valence-corrected chi connectivity index (χ3v) is 2.11. The minimum Gasteiger partial charge on any atom is -0.343 e. The molecule has 3 nitrogen and oxygen atoms in total. The van der Waals surface area contributed by atoms with Crippen LogP contribution in [0, 0.1) is 12.3 Å². The van der Waals surface area contributed by atoms with Crippen LogP contribution >= 0.6 is 0 Å². The average Bonchev–Trinajstić information content (AvgIpc) is 2.07. The number of hydrogen-bond donors (Lipinski definition) is 0. The lowest BCUT2D eigenvalue weighted by atomic mass is 10.3. The molecule has 1 heterocycles. The van der Waals surface area contributed by atoms with E-state index in [1.54, 1.807) is 4.90 Å². The summed E-state index contributed by atoms with van der Waals surface area (Å²) in [5.41, 5.74) is 0. The van der Waals surface area contributed by atoms with Crippen LogP contribution in [0.3, 0.4) is 0 Å². The molecule has 0 radical (unpaired) electrons. The van der Waals surface area contributed by atoms with Crippen LogP contribution in [0.25, 0.3) is 0 Å². The van der Waals surface area contributed by atoms with Crippen LogP contribution in [0.15, 0.2) is 0 Å². The van der Waals surface area contributed by atoms with E-state index in [-0.39, 0.29) is 5.91 Å². The molecule has 0 spiro atoms. The zero-order valence-electron chi connectivity index (χ0n) is 7.42. The molecule has 0 aromatic rings. The Balaban J connectivity index is 2.31. The van der Waals surface area contributed by atoms with Gasteiger partial charge in [0.2, 0.25) is 5.91 Å². The van der Waals surface area contributed by atoms with E-state index in [1.165, 1.54) is 0 Å². The second kappa shape index (κ2) is 4.13. The molecule has 0 atom stereocenters. The van der Waals surface area contributed by atoms with Gasteiger partial charge in [-0.25, -0.2) is 0 Å². The number of piperazine rings is 1. The van der Waals surface area contributed by atoms with Gasteiger partial charge in [0.15, 0.2) is 0 Å². The largest absolute Gasteiger partial charge is 0.343 e. The third kappa shape index (κ3) is 2.24. The van der Waals surface area contributed by atoms with E-state index in [0.29, 0.717) is 6.54 Å². The summed E-state index contributed by atoms with van der Waals surface area (Å²) in [6.45, 7) is 3.14. The molecule has 0 aliphatic carbocycles. The fraction of sp³-hybridized carbons (Fsp3) is 0.667. The van der Waals surface area contributed by atoms with E-state index >= 15 is 0 Å². The van der Waals surface area contributed by atoms with Crippen LogP contribution in [0.2, 0.25) is 0 Å². The van der Waals surface area contributed by atoms with Gasteiger partial charge >= 0.3 is 0 Å². The van der Waals surface area contributed by atoms with Crippen molar-refractivity contribution < 1.29 is 4.79 Å². The van der Waals surface area contributed by atoms with Crippen molar-refractivity contribution in [2.45, 2.75) is 6.42 Å². The maximum Gasteiger partial charge on any atom is 0.236 e. The van der Waals surface area contributed by atoms with E-state index in [4.69, 9.17) is 6.42 Å². The van der Waals surface area contributed by atoms with E-state index in [1.807, 2.05) is 7.05 Å². The Hall–Kier alpha value is -1.01. The molecule has 1 amide bonds. The van der Waals surface area contributed by atoms with E-state index in [2.05, 4.69) is 10.8 Å². The Labute approximate surface area is 73.3 Å². The molecular formula is C9H14N2O. The van der Waals surface area contributed by atoms with Crippen LogP contribution < -0.4 is 0 Å². The zero-order chi connectivity index (χ0) is 8.97. The topological polar surface area (TPSA) is 23.6 Å². The fourth-order valence-corrected chi connectivity index (χ4v) is 1.22.